The van der Waals surface area contributed by atoms with Gasteiger partial charge in [-0.3, -0.25) is 5.32 Å². The fourth-order valence-electron chi connectivity index (χ4n) is 4.18. The molecule has 0 aliphatic carbocycles. The van der Waals surface area contributed by atoms with Crippen LogP contribution in [-0.4, -0.2) is 53.6 Å². The van der Waals surface area contributed by atoms with Crippen molar-refractivity contribution in [2.75, 3.05) is 23.8 Å². The van der Waals surface area contributed by atoms with Crippen LogP contribution in [0.25, 0.3) is 10.6 Å². The van der Waals surface area contributed by atoms with E-state index in [1.807, 2.05) is 47.8 Å². The van der Waals surface area contributed by atoms with Gasteiger partial charge in [-0.15, -0.1) is 11.3 Å². The summed E-state index contributed by atoms with van der Waals surface area (Å²) in [5.74, 6) is 0.518. The van der Waals surface area contributed by atoms with Crippen molar-refractivity contribution >= 4 is 29.1 Å². The van der Waals surface area contributed by atoms with Crippen LogP contribution in [-0.2, 0) is 19.6 Å². The number of aromatic nitrogens is 2. The molecule has 3 aromatic rings. The van der Waals surface area contributed by atoms with Crippen LogP contribution in [0, 0.1) is 0 Å². The van der Waals surface area contributed by atoms with Gasteiger partial charge in [0, 0.05) is 11.9 Å². The van der Waals surface area contributed by atoms with E-state index in [-0.39, 0.29) is 30.3 Å². The minimum absolute atomic E-state index is 0.0515. The Kier molecular flexibility index (Phi) is 6.24. The maximum absolute atomic E-state index is 12.5. The molecule has 4 atom stereocenters. The molecule has 1 aromatic carbocycles. The Morgan fingerprint density at radius 1 is 1.09 bits per heavy atom. The second-order valence-electron chi connectivity index (χ2n) is 9.49. The summed E-state index contributed by atoms with van der Waals surface area (Å²) in [4.78, 5) is 22.5. The lowest BCUT2D eigenvalue weighted by Gasteiger charge is -2.20. The highest BCUT2D eigenvalue weighted by atomic mass is 32.1. The van der Waals surface area contributed by atoms with E-state index >= 15 is 0 Å². The molecule has 9 heteroatoms. The van der Waals surface area contributed by atoms with Crippen LogP contribution in [0.3, 0.4) is 0 Å². The van der Waals surface area contributed by atoms with Crippen molar-refractivity contribution in [3.8, 4) is 10.6 Å². The third-order valence-corrected chi connectivity index (χ3v) is 6.90. The Bertz CT molecular complexity index is 1130. The highest BCUT2D eigenvalue weighted by molar-refractivity contribution is 7.13. The Balaban J connectivity index is 1.16. The molecule has 1 amide bonds. The molecule has 2 saturated heterocycles. The van der Waals surface area contributed by atoms with Gasteiger partial charge in [0.25, 0.3) is 0 Å². The number of anilines is 2. The fraction of sp³-hybridized carbons (Fsp3) is 0.400. The van der Waals surface area contributed by atoms with E-state index in [0.717, 1.165) is 10.6 Å². The third kappa shape index (κ3) is 4.91. The van der Waals surface area contributed by atoms with Gasteiger partial charge in [-0.05, 0) is 40.6 Å². The molecule has 2 aromatic heterocycles. The van der Waals surface area contributed by atoms with Crippen LogP contribution in [0.4, 0.5) is 16.4 Å². The monoisotopic (exact) mass is 480 g/mol. The molecule has 4 heterocycles. The van der Waals surface area contributed by atoms with E-state index in [4.69, 9.17) is 14.2 Å². The highest BCUT2D eigenvalue weighted by Gasteiger charge is 2.49. The van der Waals surface area contributed by atoms with Crippen molar-refractivity contribution in [1.82, 2.24) is 9.97 Å². The number of nitrogens with one attached hydrogen (secondary N) is 2. The number of ether oxygens (including phenoxy) is 3. The Morgan fingerprint density at radius 3 is 2.62 bits per heavy atom. The summed E-state index contributed by atoms with van der Waals surface area (Å²) >= 11 is 1.63. The average molecular weight is 481 g/mol. The van der Waals surface area contributed by atoms with Gasteiger partial charge in [0.05, 0.1) is 29.8 Å². The first-order valence-corrected chi connectivity index (χ1v) is 12.2. The summed E-state index contributed by atoms with van der Waals surface area (Å²) in [6.07, 6.45) is 0.135. The normalized spacial score (nSPS) is 24.0. The number of benzene rings is 1. The molecular formula is C25H28N4O4S. The lowest BCUT2D eigenvalue weighted by atomic mass is 9.87. The van der Waals surface area contributed by atoms with Crippen molar-refractivity contribution in [2.45, 2.75) is 50.5 Å². The Morgan fingerprint density at radius 2 is 1.88 bits per heavy atom. The smallest absolute Gasteiger partial charge is 0.412 e. The molecule has 4 unspecified atom stereocenters. The first-order valence-electron chi connectivity index (χ1n) is 11.3. The molecular weight excluding hydrogens is 452 g/mol. The van der Waals surface area contributed by atoms with Gasteiger partial charge in [0.2, 0.25) is 5.95 Å². The third-order valence-electron chi connectivity index (χ3n) is 6.01. The van der Waals surface area contributed by atoms with Crippen LogP contribution in [0.5, 0.6) is 0 Å². The molecule has 2 fully saturated rings. The van der Waals surface area contributed by atoms with Gasteiger partial charge >= 0.3 is 6.09 Å². The van der Waals surface area contributed by atoms with Crippen molar-refractivity contribution < 1.29 is 19.0 Å². The Labute approximate surface area is 202 Å². The average Bonchev–Trinajstić information content (AvgIpc) is 3.54. The maximum atomic E-state index is 12.5. The number of rotatable bonds is 5. The van der Waals surface area contributed by atoms with Gasteiger partial charge in [-0.25, -0.2) is 14.8 Å². The highest BCUT2D eigenvalue weighted by Crippen LogP contribution is 2.31. The standard InChI is InChI=1S/C25H28N4O4S/c1-25(2,3)15-6-8-16(9-7-15)27-24(30)33-19-14-32-21-18(13-31-22(19)21)29-23-26-11-10-17(28-23)20-5-4-12-34-20/h4-12,18-19,21-22H,13-14H2,1-3H3,(H,27,30)(H,26,28,29). The summed E-state index contributed by atoms with van der Waals surface area (Å²) < 4.78 is 17.5. The lowest BCUT2D eigenvalue weighted by Crippen LogP contribution is -2.38. The van der Waals surface area contributed by atoms with Gasteiger partial charge in [-0.2, -0.15) is 0 Å². The summed E-state index contributed by atoms with van der Waals surface area (Å²) in [6.45, 7) is 7.14. The van der Waals surface area contributed by atoms with Crippen LogP contribution >= 0.6 is 11.3 Å². The zero-order valence-electron chi connectivity index (χ0n) is 19.4. The summed E-state index contributed by atoms with van der Waals surface area (Å²) in [5, 5.41) is 8.13. The number of amides is 1. The zero-order chi connectivity index (χ0) is 23.7. The fourth-order valence-corrected chi connectivity index (χ4v) is 4.88. The molecule has 5 rings (SSSR count). The van der Waals surface area contributed by atoms with E-state index in [0.29, 0.717) is 18.2 Å². The minimum atomic E-state index is -0.523. The van der Waals surface area contributed by atoms with Crippen molar-refractivity contribution in [3.63, 3.8) is 0 Å². The molecule has 2 aliphatic rings. The van der Waals surface area contributed by atoms with Crippen molar-refractivity contribution in [3.05, 3.63) is 59.6 Å². The zero-order valence-corrected chi connectivity index (χ0v) is 20.2. The number of hydrogen-bond donors (Lipinski definition) is 2. The van der Waals surface area contributed by atoms with Crippen LogP contribution in [0.2, 0.25) is 0 Å². The number of carbonyl (C=O) groups is 1. The molecule has 34 heavy (non-hydrogen) atoms. The van der Waals surface area contributed by atoms with Gasteiger partial charge in [0.15, 0.2) is 6.10 Å². The van der Waals surface area contributed by atoms with E-state index in [2.05, 4.69) is 41.4 Å². The molecule has 2 N–H and O–H groups in total. The molecule has 8 nitrogen and oxygen atoms in total. The van der Waals surface area contributed by atoms with E-state index in [1.165, 1.54) is 5.56 Å². The summed E-state index contributed by atoms with van der Waals surface area (Å²) in [6, 6.07) is 13.6. The van der Waals surface area contributed by atoms with Gasteiger partial charge < -0.3 is 19.5 Å². The molecule has 0 spiro atoms. The van der Waals surface area contributed by atoms with Crippen molar-refractivity contribution in [2.24, 2.45) is 0 Å². The molecule has 0 saturated carbocycles. The van der Waals surface area contributed by atoms with Crippen LogP contribution in [0.1, 0.15) is 26.3 Å². The van der Waals surface area contributed by atoms with Crippen LogP contribution < -0.4 is 10.6 Å². The van der Waals surface area contributed by atoms with Gasteiger partial charge in [-0.1, -0.05) is 39.0 Å². The first-order chi connectivity index (χ1) is 16.4. The summed E-state index contributed by atoms with van der Waals surface area (Å²) in [7, 11) is 0. The predicted octanol–water partition coefficient (Wildman–Crippen LogP) is 4.70. The number of fused-ring (bicyclic) bond motifs is 1. The number of hydrogen-bond acceptors (Lipinski definition) is 8. The predicted molar refractivity (Wildman–Crippen MR) is 131 cm³/mol. The SMILES string of the molecule is CC(C)(C)c1ccc(NC(=O)OC2COC3C(Nc4nccc(-c5cccs5)n4)COC23)cc1. The lowest BCUT2D eigenvalue weighted by molar-refractivity contribution is 0.00917. The number of nitrogens with zero attached hydrogens (tertiary/aromatic N) is 2. The topological polar surface area (TPSA) is 94.6 Å². The van der Waals surface area contributed by atoms with Gasteiger partial charge in [0.1, 0.15) is 12.2 Å². The second-order valence-corrected chi connectivity index (χ2v) is 10.4. The minimum Gasteiger partial charge on any atom is -0.441 e. The number of carbonyl (C=O) groups excluding carboxylic acids is 1. The molecule has 178 valence electrons. The largest absolute Gasteiger partial charge is 0.441 e. The van der Waals surface area contributed by atoms with E-state index in [1.54, 1.807) is 17.5 Å². The molecule has 0 radical (unpaired) electrons. The van der Waals surface area contributed by atoms with E-state index in [9.17, 15) is 4.79 Å². The van der Waals surface area contributed by atoms with Crippen molar-refractivity contribution in [1.29, 1.82) is 0 Å². The maximum Gasteiger partial charge on any atom is 0.412 e. The van der Waals surface area contributed by atoms with E-state index < -0.39 is 12.2 Å². The van der Waals surface area contributed by atoms with Crippen LogP contribution in [0.15, 0.2) is 54.0 Å². The second kappa shape index (κ2) is 9.32. The number of thiophene rings is 1. The molecule has 0 bridgehead atoms. The molecule has 2 aliphatic heterocycles. The Hall–Kier alpha value is -3.01. The summed E-state index contributed by atoms with van der Waals surface area (Å²) in [5.41, 5.74) is 2.80. The first kappa shape index (κ1) is 22.8. The quantitative estimate of drug-likeness (QED) is 0.547.